The molecule has 2 heterocycles. The van der Waals surface area contributed by atoms with Crippen molar-refractivity contribution < 1.29 is 14.3 Å². The van der Waals surface area contributed by atoms with Crippen molar-refractivity contribution in [2.45, 2.75) is 38.5 Å². The number of thioether (sulfide) groups is 1. The minimum atomic E-state index is -0.391. The van der Waals surface area contributed by atoms with Crippen LogP contribution in [0.3, 0.4) is 0 Å². The lowest BCUT2D eigenvalue weighted by molar-refractivity contribution is -0.138. The Hall–Kier alpha value is -2.02. The lowest BCUT2D eigenvalue weighted by atomic mass is 9.73. The predicted molar refractivity (Wildman–Crippen MR) is 132 cm³/mol. The van der Waals surface area contributed by atoms with Gasteiger partial charge in [-0.3, -0.25) is 4.79 Å². The number of rotatable bonds is 7. The van der Waals surface area contributed by atoms with Crippen LogP contribution in [0, 0.1) is 0 Å². The lowest BCUT2D eigenvalue weighted by Crippen LogP contribution is -2.36. The third-order valence-electron chi connectivity index (χ3n) is 5.89. The van der Waals surface area contributed by atoms with Gasteiger partial charge in [0.1, 0.15) is 6.61 Å². The second-order valence-corrected chi connectivity index (χ2v) is 10.7. The average Bonchev–Trinajstić information content (AvgIpc) is 3.30. The van der Waals surface area contributed by atoms with E-state index in [1.54, 1.807) is 23.1 Å². The van der Waals surface area contributed by atoms with Crippen LogP contribution in [0.4, 0.5) is 0 Å². The monoisotopic (exact) mass is 487 g/mol. The predicted octanol–water partition coefficient (Wildman–Crippen LogP) is 6.06. The van der Waals surface area contributed by atoms with Gasteiger partial charge in [0.15, 0.2) is 5.78 Å². The zero-order valence-electron chi connectivity index (χ0n) is 18.2. The Balaban J connectivity index is 1.68. The van der Waals surface area contributed by atoms with Crippen molar-refractivity contribution in [1.82, 2.24) is 5.32 Å². The molecule has 4 nitrogen and oxygen atoms in total. The molecule has 2 atom stereocenters. The van der Waals surface area contributed by atoms with Gasteiger partial charge in [0.2, 0.25) is 0 Å². The summed E-state index contributed by atoms with van der Waals surface area (Å²) in [4.78, 5) is 27.6. The number of halogens is 1. The topological polar surface area (TPSA) is 55.4 Å². The Labute approximate surface area is 202 Å². The van der Waals surface area contributed by atoms with E-state index in [1.165, 1.54) is 0 Å². The SMILES string of the molecule is CCSCCOC(=O)C1=C(C)NC2=C(C(=O)C[C@@H](c3ccccc3Cl)C2)[C@H]1c1cccs1. The first-order valence-electron chi connectivity index (χ1n) is 10.8. The Morgan fingerprint density at radius 1 is 1.25 bits per heavy atom. The number of carbonyl (C=O) groups excluding carboxylic acids is 2. The van der Waals surface area contributed by atoms with Gasteiger partial charge < -0.3 is 10.1 Å². The number of dihydropyridines is 1. The standard InChI is InChI=1S/C25H26ClNO3S2/c1-3-31-12-10-30-25(29)22-15(2)27-19-13-16(17-7-4-5-8-18(17)26)14-20(28)23(19)24(22)21-9-6-11-32-21/h4-9,11,16,24,27H,3,10,12-14H2,1-2H3/t16-,24-/m0/s1. The fourth-order valence-corrected chi connectivity index (χ4v) is 6.11. The van der Waals surface area contributed by atoms with Crippen LogP contribution in [0.15, 0.2) is 64.3 Å². The van der Waals surface area contributed by atoms with E-state index < -0.39 is 5.92 Å². The summed E-state index contributed by atoms with van der Waals surface area (Å²) in [5.74, 6) is 1.07. The molecule has 32 heavy (non-hydrogen) atoms. The maximum absolute atomic E-state index is 13.5. The number of hydrogen-bond donors (Lipinski definition) is 1. The summed E-state index contributed by atoms with van der Waals surface area (Å²) >= 11 is 9.73. The van der Waals surface area contributed by atoms with Crippen molar-refractivity contribution in [3.63, 3.8) is 0 Å². The normalized spacial score (nSPS) is 20.8. The summed E-state index contributed by atoms with van der Waals surface area (Å²) in [5, 5.41) is 6.05. The van der Waals surface area contributed by atoms with E-state index in [0.717, 1.165) is 33.3 Å². The summed E-state index contributed by atoms with van der Waals surface area (Å²) in [7, 11) is 0. The molecule has 2 aromatic rings. The highest BCUT2D eigenvalue weighted by atomic mass is 35.5. The second-order valence-electron chi connectivity index (χ2n) is 7.89. The first-order valence-corrected chi connectivity index (χ1v) is 13.2. The zero-order chi connectivity index (χ0) is 22.7. The number of esters is 1. The van der Waals surface area contributed by atoms with Crippen molar-refractivity contribution in [1.29, 1.82) is 0 Å². The number of carbonyl (C=O) groups is 2. The summed E-state index contributed by atoms with van der Waals surface area (Å²) in [5.41, 5.74) is 3.86. The van der Waals surface area contributed by atoms with E-state index in [4.69, 9.17) is 16.3 Å². The van der Waals surface area contributed by atoms with Crippen molar-refractivity contribution >= 4 is 46.5 Å². The summed E-state index contributed by atoms with van der Waals surface area (Å²) in [6.45, 7) is 4.33. The molecular formula is C25H26ClNO3S2. The number of ether oxygens (including phenoxy) is 1. The molecule has 7 heteroatoms. The van der Waals surface area contributed by atoms with Gasteiger partial charge in [-0.15, -0.1) is 11.3 Å². The summed E-state index contributed by atoms with van der Waals surface area (Å²) in [6, 6.07) is 11.7. The van der Waals surface area contributed by atoms with Crippen LogP contribution >= 0.6 is 34.7 Å². The zero-order valence-corrected chi connectivity index (χ0v) is 20.5. The van der Waals surface area contributed by atoms with Gasteiger partial charge in [0.25, 0.3) is 0 Å². The van der Waals surface area contributed by atoms with Gasteiger partial charge in [0.05, 0.1) is 11.5 Å². The average molecular weight is 488 g/mol. The minimum absolute atomic E-state index is 0.0128. The van der Waals surface area contributed by atoms with E-state index in [2.05, 4.69) is 12.2 Å². The Morgan fingerprint density at radius 2 is 2.06 bits per heavy atom. The Morgan fingerprint density at radius 3 is 2.78 bits per heavy atom. The molecule has 2 aliphatic rings. The van der Waals surface area contributed by atoms with E-state index in [9.17, 15) is 9.59 Å². The summed E-state index contributed by atoms with van der Waals surface area (Å²) < 4.78 is 5.60. The van der Waals surface area contributed by atoms with Gasteiger partial charge in [-0.25, -0.2) is 4.79 Å². The van der Waals surface area contributed by atoms with Crippen LogP contribution < -0.4 is 5.32 Å². The smallest absolute Gasteiger partial charge is 0.336 e. The number of nitrogens with one attached hydrogen (secondary N) is 1. The van der Waals surface area contributed by atoms with Crippen LogP contribution in [0.1, 0.15) is 49.0 Å². The number of hydrogen-bond acceptors (Lipinski definition) is 6. The highest BCUT2D eigenvalue weighted by molar-refractivity contribution is 7.99. The number of ketones is 1. The maximum Gasteiger partial charge on any atom is 0.336 e. The molecule has 1 aliphatic carbocycles. The van der Waals surface area contributed by atoms with Crippen LogP contribution in [-0.2, 0) is 14.3 Å². The molecule has 1 N–H and O–H groups in total. The van der Waals surface area contributed by atoms with Crippen LogP contribution in [0.25, 0.3) is 0 Å². The Bertz CT molecular complexity index is 1070. The number of benzene rings is 1. The van der Waals surface area contributed by atoms with Gasteiger partial charge in [-0.05, 0) is 48.1 Å². The van der Waals surface area contributed by atoms with Crippen molar-refractivity contribution in [2.75, 3.05) is 18.1 Å². The molecule has 0 radical (unpaired) electrons. The van der Waals surface area contributed by atoms with E-state index in [0.29, 0.717) is 35.6 Å². The third-order valence-corrected chi connectivity index (χ3v) is 8.03. The maximum atomic E-state index is 13.5. The molecule has 0 unspecified atom stereocenters. The van der Waals surface area contributed by atoms with Crippen molar-refractivity contribution in [2.24, 2.45) is 0 Å². The minimum Gasteiger partial charge on any atom is -0.461 e. The van der Waals surface area contributed by atoms with Gasteiger partial charge in [-0.1, -0.05) is 42.8 Å². The molecule has 0 fully saturated rings. The first-order chi connectivity index (χ1) is 15.5. The van der Waals surface area contributed by atoms with Crippen LogP contribution in [0.5, 0.6) is 0 Å². The van der Waals surface area contributed by atoms with E-state index >= 15 is 0 Å². The molecule has 1 aliphatic heterocycles. The molecule has 0 spiro atoms. The highest BCUT2D eigenvalue weighted by Gasteiger charge is 2.42. The number of Topliss-reactive ketones (excluding diaryl/α,β-unsaturated/α-hetero) is 1. The fraction of sp³-hybridized carbons (Fsp3) is 0.360. The second kappa shape index (κ2) is 10.3. The molecule has 0 amide bonds. The third kappa shape index (κ3) is 4.68. The molecule has 1 aromatic carbocycles. The quantitative estimate of drug-likeness (QED) is 0.380. The molecular weight excluding hydrogens is 462 g/mol. The fourth-order valence-electron chi connectivity index (χ4n) is 4.49. The summed E-state index contributed by atoms with van der Waals surface area (Å²) in [6.07, 6.45) is 1.06. The van der Waals surface area contributed by atoms with E-state index in [1.807, 2.05) is 48.7 Å². The lowest BCUT2D eigenvalue weighted by Gasteiger charge is -2.36. The van der Waals surface area contributed by atoms with Gasteiger partial charge in [0, 0.05) is 39.0 Å². The highest BCUT2D eigenvalue weighted by Crippen LogP contribution is 2.47. The number of thiophene rings is 1. The molecule has 0 saturated carbocycles. The number of allylic oxidation sites excluding steroid dienone is 3. The molecule has 168 valence electrons. The van der Waals surface area contributed by atoms with E-state index in [-0.39, 0.29) is 17.7 Å². The van der Waals surface area contributed by atoms with Crippen molar-refractivity contribution in [3.05, 3.63) is 79.8 Å². The Kier molecular flexibility index (Phi) is 7.44. The first kappa shape index (κ1) is 23.1. The largest absolute Gasteiger partial charge is 0.461 e. The van der Waals surface area contributed by atoms with Crippen LogP contribution in [0.2, 0.25) is 5.02 Å². The molecule has 1 aromatic heterocycles. The van der Waals surface area contributed by atoms with Gasteiger partial charge in [-0.2, -0.15) is 11.8 Å². The van der Waals surface area contributed by atoms with Crippen molar-refractivity contribution in [3.8, 4) is 0 Å². The molecule has 4 rings (SSSR count). The van der Waals surface area contributed by atoms with Crippen LogP contribution in [-0.4, -0.2) is 29.9 Å². The molecule has 0 bridgehead atoms. The van der Waals surface area contributed by atoms with Gasteiger partial charge >= 0.3 is 5.97 Å². The molecule has 0 saturated heterocycles.